The summed E-state index contributed by atoms with van der Waals surface area (Å²) in [6, 6.07) is 10.2. The fourth-order valence-electron chi connectivity index (χ4n) is 5.52. The topological polar surface area (TPSA) is 64.7 Å². The number of benzene rings is 1. The molecule has 2 aliphatic rings. The Morgan fingerprint density at radius 1 is 0.727 bits per heavy atom. The molecule has 6 rings (SSSR count). The fraction of sp³-hybridized carbons (Fsp3) is 0.385. The van der Waals surface area contributed by atoms with E-state index in [1.54, 1.807) is 0 Å². The van der Waals surface area contributed by atoms with Gasteiger partial charge in [-0.3, -0.25) is 9.36 Å². The molecule has 0 N–H and O–H groups in total. The molecule has 0 saturated carbocycles. The second-order valence-corrected chi connectivity index (χ2v) is 9.52. The molecule has 3 atom stereocenters. The van der Waals surface area contributed by atoms with Crippen molar-refractivity contribution < 1.29 is 0 Å². The van der Waals surface area contributed by atoms with E-state index >= 15 is 0 Å². The van der Waals surface area contributed by atoms with Crippen LogP contribution in [0.25, 0.3) is 33.6 Å². The number of nitrogens with zero attached hydrogens (tertiary/aromatic N) is 7. The molecule has 0 aliphatic carbocycles. The fourth-order valence-corrected chi connectivity index (χ4v) is 5.52. The summed E-state index contributed by atoms with van der Waals surface area (Å²) in [5, 5.41) is 9.00. The third-order valence-electron chi connectivity index (χ3n) is 7.43. The third-order valence-corrected chi connectivity index (χ3v) is 7.43. The van der Waals surface area contributed by atoms with Crippen molar-refractivity contribution in [2.24, 2.45) is 7.05 Å². The van der Waals surface area contributed by atoms with Gasteiger partial charge in [-0.2, -0.15) is 10.2 Å². The zero-order valence-corrected chi connectivity index (χ0v) is 19.2. The summed E-state index contributed by atoms with van der Waals surface area (Å²) >= 11 is 0. The molecule has 7 heteroatoms. The first-order valence-corrected chi connectivity index (χ1v) is 11.8. The first kappa shape index (κ1) is 20.3. The zero-order valence-electron chi connectivity index (χ0n) is 19.2. The quantitative estimate of drug-likeness (QED) is 0.465. The van der Waals surface area contributed by atoms with Gasteiger partial charge in [0.1, 0.15) is 0 Å². The van der Waals surface area contributed by atoms with Crippen LogP contribution in [0, 0.1) is 0 Å². The minimum absolute atomic E-state index is 0.487. The van der Waals surface area contributed by atoms with E-state index in [-0.39, 0.29) is 0 Å². The largest absolute Gasteiger partial charge is 0.300 e. The van der Waals surface area contributed by atoms with Crippen molar-refractivity contribution in [1.29, 1.82) is 0 Å². The number of aryl methyl sites for hydroxylation is 1. The molecule has 2 aliphatic heterocycles. The van der Waals surface area contributed by atoms with Crippen LogP contribution in [0.15, 0.2) is 61.4 Å². The summed E-state index contributed by atoms with van der Waals surface area (Å²) in [5.41, 5.74) is 5.27. The van der Waals surface area contributed by atoms with Gasteiger partial charge in [-0.1, -0.05) is 24.6 Å². The van der Waals surface area contributed by atoms with Crippen molar-refractivity contribution in [2.45, 2.75) is 50.2 Å². The highest BCUT2D eigenvalue weighted by Crippen LogP contribution is 2.38. The molecular formula is C26H29N7. The van der Waals surface area contributed by atoms with Crippen LogP contribution >= 0.6 is 0 Å². The maximum atomic E-state index is 4.73. The minimum Gasteiger partial charge on any atom is -0.300 e. The highest BCUT2D eigenvalue weighted by atomic mass is 15.3. The lowest BCUT2D eigenvalue weighted by Gasteiger charge is -2.47. The van der Waals surface area contributed by atoms with Gasteiger partial charge in [0, 0.05) is 66.2 Å². The van der Waals surface area contributed by atoms with Gasteiger partial charge in [-0.15, -0.1) is 0 Å². The van der Waals surface area contributed by atoms with E-state index in [0.717, 1.165) is 33.6 Å². The van der Waals surface area contributed by atoms with Gasteiger partial charge in [0.15, 0.2) is 5.82 Å². The summed E-state index contributed by atoms with van der Waals surface area (Å²) in [6.07, 6.45) is 18.2. The van der Waals surface area contributed by atoms with Crippen LogP contribution < -0.4 is 0 Å². The van der Waals surface area contributed by atoms with Crippen LogP contribution in [0.3, 0.4) is 0 Å². The van der Waals surface area contributed by atoms with Crippen molar-refractivity contribution in [2.75, 3.05) is 7.05 Å². The van der Waals surface area contributed by atoms with Crippen LogP contribution in [0.2, 0.25) is 0 Å². The normalized spacial score (nSPS) is 23.0. The molecule has 4 aromatic rings. The molecule has 5 heterocycles. The molecule has 168 valence electrons. The standard InChI is InChI=1S/C26H29N7/c1-31-16-21(14-29-31)18-5-3-6-19(9-18)26-27-12-20(13-28-26)22-15-30-33(17-22)25-10-23-7-4-8-24(11-25)32(23)2/h3,5-6,9,12-17,23-25H,4,7-8,10-11H2,1-2H3/t23-,24+,25?. The second kappa shape index (κ2) is 8.23. The van der Waals surface area contributed by atoms with E-state index in [2.05, 4.69) is 50.0 Å². The molecule has 0 spiro atoms. The van der Waals surface area contributed by atoms with E-state index in [4.69, 9.17) is 5.10 Å². The lowest BCUT2D eigenvalue weighted by Crippen LogP contribution is -2.50. The number of fused-ring (bicyclic) bond motifs is 2. The first-order valence-electron chi connectivity index (χ1n) is 11.8. The Labute approximate surface area is 194 Å². The molecule has 3 aromatic heterocycles. The van der Waals surface area contributed by atoms with Gasteiger partial charge in [0.2, 0.25) is 0 Å². The van der Waals surface area contributed by atoms with Gasteiger partial charge in [0.25, 0.3) is 0 Å². The minimum atomic E-state index is 0.487. The molecule has 1 unspecified atom stereocenters. The lowest BCUT2D eigenvalue weighted by atomic mass is 9.82. The highest BCUT2D eigenvalue weighted by molar-refractivity contribution is 5.70. The van der Waals surface area contributed by atoms with Crippen molar-refractivity contribution in [3.05, 3.63) is 61.4 Å². The average molecular weight is 440 g/mol. The van der Waals surface area contributed by atoms with E-state index in [0.29, 0.717) is 18.1 Å². The molecule has 2 fully saturated rings. The smallest absolute Gasteiger partial charge is 0.159 e. The van der Waals surface area contributed by atoms with Crippen LogP contribution in [0.1, 0.15) is 38.1 Å². The molecule has 2 bridgehead atoms. The molecule has 0 amide bonds. The SMILES string of the molecule is CN1[C@@H]2CCC[C@H]1CC(n1cc(-c3cnc(-c4cccc(-c5cnn(C)c5)c4)nc3)cn1)C2. The van der Waals surface area contributed by atoms with Crippen LogP contribution in [0.5, 0.6) is 0 Å². The lowest BCUT2D eigenvalue weighted by molar-refractivity contribution is 0.0369. The predicted molar refractivity (Wildman–Crippen MR) is 128 cm³/mol. The van der Waals surface area contributed by atoms with Gasteiger partial charge in [0.05, 0.1) is 18.4 Å². The van der Waals surface area contributed by atoms with Crippen LogP contribution in [-0.4, -0.2) is 53.6 Å². The molecular weight excluding hydrogens is 410 g/mol. The number of hydrogen-bond donors (Lipinski definition) is 0. The first-order chi connectivity index (χ1) is 16.1. The molecule has 7 nitrogen and oxygen atoms in total. The molecule has 33 heavy (non-hydrogen) atoms. The monoisotopic (exact) mass is 439 g/mol. The van der Waals surface area contributed by atoms with Crippen molar-refractivity contribution in [1.82, 2.24) is 34.4 Å². The van der Waals surface area contributed by atoms with E-state index in [9.17, 15) is 0 Å². The van der Waals surface area contributed by atoms with Crippen LogP contribution in [-0.2, 0) is 7.05 Å². The Morgan fingerprint density at radius 2 is 1.42 bits per heavy atom. The maximum Gasteiger partial charge on any atom is 0.159 e. The van der Waals surface area contributed by atoms with Gasteiger partial charge in [-0.05, 0) is 44.4 Å². The summed E-state index contributed by atoms with van der Waals surface area (Å²) < 4.78 is 3.99. The Balaban J connectivity index is 1.21. The average Bonchev–Trinajstić information content (AvgIpc) is 3.49. The Morgan fingerprint density at radius 3 is 2.15 bits per heavy atom. The van der Waals surface area contributed by atoms with Gasteiger partial charge < -0.3 is 4.90 Å². The number of rotatable bonds is 4. The number of piperidine rings is 2. The Bertz CT molecular complexity index is 1240. The zero-order chi connectivity index (χ0) is 22.4. The third kappa shape index (κ3) is 3.86. The number of hydrogen-bond acceptors (Lipinski definition) is 5. The molecule has 1 aromatic carbocycles. The van der Waals surface area contributed by atoms with Crippen LogP contribution in [0.4, 0.5) is 0 Å². The van der Waals surface area contributed by atoms with E-state index in [1.165, 1.54) is 32.1 Å². The van der Waals surface area contributed by atoms with Gasteiger partial charge >= 0.3 is 0 Å². The molecule has 0 radical (unpaired) electrons. The van der Waals surface area contributed by atoms with Crippen molar-refractivity contribution in [3.63, 3.8) is 0 Å². The summed E-state index contributed by atoms with van der Waals surface area (Å²) in [5.74, 6) is 0.722. The Kier molecular flexibility index (Phi) is 5.06. The second-order valence-electron chi connectivity index (χ2n) is 9.52. The van der Waals surface area contributed by atoms with E-state index in [1.807, 2.05) is 54.8 Å². The number of aromatic nitrogens is 6. The predicted octanol–water partition coefficient (Wildman–Crippen LogP) is 4.60. The Hall–Kier alpha value is -3.32. The maximum absolute atomic E-state index is 4.73. The van der Waals surface area contributed by atoms with Gasteiger partial charge in [-0.25, -0.2) is 9.97 Å². The summed E-state index contributed by atoms with van der Waals surface area (Å²) in [4.78, 5) is 11.9. The summed E-state index contributed by atoms with van der Waals surface area (Å²) in [7, 11) is 4.22. The summed E-state index contributed by atoms with van der Waals surface area (Å²) in [6.45, 7) is 0. The highest BCUT2D eigenvalue weighted by Gasteiger charge is 2.36. The van der Waals surface area contributed by atoms with E-state index < -0.39 is 0 Å². The van der Waals surface area contributed by atoms with Crippen molar-refractivity contribution >= 4 is 0 Å². The van der Waals surface area contributed by atoms with Crippen molar-refractivity contribution in [3.8, 4) is 33.6 Å². The molecule has 2 saturated heterocycles.